The molecule has 1 fully saturated rings. The molecule has 158 valence electrons. The molecule has 1 aliphatic heterocycles. The van der Waals surface area contributed by atoms with Crippen molar-refractivity contribution in [3.05, 3.63) is 65.2 Å². The number of thioether (sulfide) groups is 1. The van der Waals surface area contributed by atoms with E-state index < -0.39 is 12.5 Å². The Balaban J connectivity index is 1.66. The van der Waals surface area contributed by atoms with Crippen LogP contribution in [0.3, 0.4) is 0 Å². The Kier molecular flexibility index (Phi) is 7.46. The van der Waals surface area contributed by atoms with E-state index in [1.165, 1.54) is 18.2 Å². The highest BCUT2D eigenvalue weighted by molar-refractivity contribution is 7.99. The van der Waals surface area contributed by atoms with Crippen molar-refractivity contribution in [3.8, 4) is 5.75 Å². The summed E-state index contributed by atoms with van der Waals surface area (Å²) >= 11 is 1.84. The second kappa shape index (κ2) is 10.2. The molecule has 0 radical (unpaired) electrons. The Morgan fingerprint density at radius 3 is 2.60 bits per heavy atom. The number of amides is 2. The Hall–Kier alpha value is -2.87. The fraction of sp³-hybridized carbons (Fsp3) is 0.273. The molecule has 2 amide bonds. The fourth-order valence-corrected chi connectivity index (χ4v) is 3.95. The van der Waals surface area contributed by atoms with E-state index in [1.54, 1.807) is 36.4 Å². The lowest BCUT2D eigenvalue weighted by atomic mass is 10.1. The highest BCUT2D eigenvalue weighted by Crippen LogP contribution is 2.22. The lowest BCUT2D eigenvalue weighted by molar-refractivity contribution is -0.111. The average molecular weight is 432 g/mol. The van der Waals surface area contributed by atoms with E-state index in [2.05, 4.69) is 10.1 Å². The average Bonchev–Trinajstić information content (AvgIpc) is 2.74. The first-order valence-electron chi connectivity index (χ1n) is 9.44. The van der Waals surface area contributed by atoms with Gasteiger partial charge in [0, 0.05) is 47.5 Å². The van der Waals surface area contributed by atoms with Crippen LogP contribution in [0.4, 0.5) is 14.5 Å². The summed E-state index contributed by atoms with van der Waals surface area (Å²) in [5.74, 6) is 1.45. The SMILES string of the molecule is Cc1cc(C(=O)N2CCSCC2)ccc1NC(=O)/C=C/c1ccccc1OC(F)F. The van der Waals surface area contributed by atoms with Gasteiger partial charge in [-0.15, -0.1) is 0 Å². The quantitative estimate of drug-likeness (QED) is 0.686. The first-order chi connectivity index (χ1) is 14.4. The van der Waals surface area contributed by atoms with Crippen LogP contribution in [0.25, 0.3) is 6.08 Å². The van der Waals surface area contributed by atoms with E-state index in [9.17, 15) is 18.4 Å². The molecule has 1 N–H and O–H groups in total. The molecule has 2 aromatic rings. The van der Waals surface area contributed by atoms with E-state index in [0.29, 0.717) is 16.8 Å². The number of nitrogens with zero attached hydrogens (tertiary/aromatic N) is 1. The molecule has 0 unspecified atom stereocenters. The molecule has 0 spiro atoms. The van der Waals surface area contributed by atoms with Gasteiger partial charge < -0.3 is 15.0 Å². The maximum Gasteiger partial charge on any atom is 0.387 e. The molecular weight excluding hydrogens is 410 g/mol. The van der Waals surface area contributed by atoms with Crippen LogP contribution in [0.2, 0.25) is 0 Å². The predicted octanol–water partition coefficient (Wildman–Crippen LogP) is 4.44. The van der Waals surface area contributed by atoms with Crippen molar-refractivity contribution < 1.29 is 23.1 Å². The minimum atomic E-state index is -2.94. The number of alkyl halides is 2. The van der Waals surface area contributed by atoms with E-state index in [4.69, 9.17) is 0 Å². The van der Waals surface area contributed by atoms with Crippen LogP contribution in [0, 0.1) is 6.92 Å². The minimum absolute atomic E-state index is 0.00758. The highest BCUT2D eigenvalue weighted by atomic mass is 32.2. The van der Waals surface area contributed by atoms with Crippen molar-refractivity contribution in [1.82, 2.24) is 4.90 Å². The Labute approximate surface area is 178 Å². The zero-order valence-electron chi connectivity index (χ0n) is 16.4. The number of carbonyl (C=O) groups excluding carboxylic acids is 2. The van der Waals surface area contributed by atoms with Crippen LogP contribution >= 0.6 is 11.8 Å². The summed E-state index contributed by atoms with van der Waals surface area (Å²) < 4.78 is 29.4. The molecule has 1 heterocycles. The van der Waals surface area contributed by atoms with Gasteiger partial charge in [0.05, 0.1) is 0 Å². The molecule has 2 aromatic carbocycles. The van der Waals surface area contributed by atoms with Crippen LogP contribution in [-0.4, -0.2) is 47.9 Å². The van der Waals surface area contributed by atoms with Crippen molar-refractivity contribution in [2.75, 3.05) is 29.9 Å². The van der Waals surface area contributed by atoms with E-state index in [1.807, 2.05) is 23.6 Å². The number of anilines is 1. The number of aryl methyl sites for hydroxylation is 1. The van der Waals surface area contributed by atoms with Crippen molar-refractivity contribution in [1.29, 1.82) is 0 Å². The van der Waals surface area contributed by atoms with Crippen LogP contribution < -0.4 is 10.1 Å². The Morgan fingerprint density at radius 2 is 1.90 bits per heavy atom. The number of carbonyl (C=O) groups is 2. The Bertz CT molecular complexity index is 944. The molecule has 3 rings (SSSR count). The highest BCUT2D eigenvalue weighted by Gasteiger charge is 2.19. The summed E-state index contributed by atoms with van der Waals surface area (Å²) in [5, 5.41) is 2.74. The second-order valence-corrected chi connectivity index (χ2v) is 7.90. The molecule has 5 nitrogen and oxygen atoms in total. The van der Waals surface area contributed by atoms with E-state index in [0.717, 1.165) is 30.2 Å². The summed E-state index contributed by atoms with van der Waals surface area (Å²) in [6, 6.07) is 11.4. The lowest BCUT2D eigenvalue weighted by Crippen LogP contribution is -2.37. The standard InChI is InChI=1S/C22H22F2N2O3S/c1-15-14-17(21(28)26-10-12-30-13-11-26)6-8-18(15)25-20(27)9-7-16-4-2-3-5-19(16)29-22(23)24/h2-9,14,22H,10-13H2,1H3,(H,25,27)/b9-7+. The first kappa shape index (κ1) is 21.8. The molecule has 0 saturated carbocycles. The number of rotatable bonds is 6. The maximum absolute atomic E-state index is 12.6. The third-order valence-corrected chi connectivity index (χ3v) is 5.52. The molecular formula is C22H22F2N2O3S. The summed E-state index contributed by atoms with van der Waals surface area (Å²) in [7, 11) is 0. The third kappa shape index (κ3) is 5.82. The van der Waals surface area contributed by atoms with Gasteiger partial charge in [0.25, 0.3) is 5.91 Å². The van der Waals surface area contributed by atoms with Gasteiger partial charge >= 0.3 is 6.61 Å². The van der Waals surface area contributed by atoms with E-state index >= 15 is 0 Å². The number of para-hydroxylation sites is 1. The van der Waals surface area contributed by atoms with Crippen LogP contribution in [0.1, 0.15) is 21.5 Å². The van der Waals surface area contributed by atoms with Crippen molar-refractivity contribution >= 4 is 35.3 Å². The number of hydrogen-bond acceptors (Lipinski definition) is 4. The van der Waals surface area contributed by atoms with Crippen molar-refractivity contribution in [3.63, 3.8) is 0 Å². The molecule has 1 aliphatic rings. The van der Waals surface area contributed by atoms with Gasteiger partial charge in [-0.25, -0.2) is 0 Å². The molecule has 0 aliphatic carbocycles. The first-order valence-corrected chi connectivity index (χ1v) is 10.6. The predicted molar refractivity (Wildman–Crippen MR) is 115 cm³/mol. The van der Waals surface area contributed by atoms with Crippen molar-refractivity contribution in [2.45, 2.75) is 13.5 Å². The summed E-state index contributed by atoms with van der Waals surface area (Å²) in [6.07, 6.45) is 2.66. The molecule has 0 atom stereocenters. The molecule has 0 aromatic heterocycles. The topological polar surface area (TPSA) is 58.6 Å². The number of hydrogen-bond donors (Lipinski definition) is 1. The van der Waals surface area contributed by atoms with Crippen LogP contribution in [0.5, 0.6) is 5.75 Å². The van der Waals surface area contributed by atoms with Crippen LogP contribution in [-0.2, 0) is 4.79 Å². The minimum Gasteiger partial charge on any atom is -0.434 e. The molecule has 1 saturated heterocycles. The van der Waals surface area contributed by atoms with Gasteiger partial charge in [0.15, 0.2) is 0 Å². The van der Waals surface area contributed by atoms with Crippen LogP contribution in [0.15, 0.2) is 48.5 Å². The normalized spacial score (nSPS) is 14.2. The second-order valence-electron chi connectivity index (χ2n) is 6.67. The summed E-state index contributed by atoms with van der Waals surface area (Å²) in [4.78, 5) is 26.7. The van der Waals surface area contributed by atoms with Gasteiger partial charge in [0.1, 0.15) is 5.75 Å². The summed E-state index contributed by atoms with van der Waals surface area (Å²) in [5.41, 5.74) is 2.29. The van der Waals surface area contributed by atoms with Gasteiger partial charge in [-0.1, -0.05) is 18.2 Å². The molecule has 0 bridgehead atoms. The van der Waals surface area contributed by atoms with Gasteiger partial charge in [-0.2, -0.15) is 20.5 Å². The van der Waals surface area contributed by atoms with Gasteiger partial charge in [-0.3, -0.25) is 9.59 Å². The fourth-order valence-electron chi connectivity index (χ4n) is 3.05. The molecule has 30 heavy (non-hydrogen) atoms. The van der Waals surface area contributed by atoms with Crippen molar-refractivity contribution in [2.24, 2.45) is 0 Å². The number of benzene rings is 2. The zero-order valence-corrected chi connectivity index (χ0v) is 17.3. The lowest BCUT2D eigenvalue weighted by Gasteiger charge is -2.26. The zero-order chi connectivity index (χ0) is 21.5. The number of halogens is 2. The van der Waals surface area contributed by atoms with Gasteiger partial charge in [-0.05, 0) is 42.8 Å². The monoisotopic (exact) mass is 432 g/mol. The summed E-state index contributed by atoms with van der Waals surface area (Å²) in [6.45, 7) is 0.347. The van der Waals surface area contributed by atoms with E-state index in [-0.39, 0.29) is 11.7 Å². The third-order valence-electron chi connectivity index (χ3n) is 4.58. The number of ether oxygens (including phenoxy) is 1. The largest absolute Gasteiger partial charge is 0.434 e. The maximum atomic E-state index is 12.6. The molecule has 8 heteroatoms. The van der Waals surface area contributed by atoms with Gasteiger partial charge in [0.2, 0.25) is 5.91 Å². The Morgan fingerprint density at radius 1 is 1.17 bits per heavy atom. The number of nitrogens with one attached hydrogen (secondary N) is 1. The smallest absolute Gasteiger partial charge is 0.387 e.